The van der Waals surface area contributed by atoms with Crippen molar-refractivity contribution in [1.29, 1.82) is 0 Å². The Morgan fingerprint density at radius 2 is 2.11 bits per heavy atom. The quantitative estimate of drug-likeness (QED) is 0.804. The predicted octanol–water partition coefficient (Wildman–Crippen LogP) is 3.53. The Balaban J connectivity index is 2.90. The molecular weight excluding hydrogens is 252 g/mol. The highest BCUT2D eigenvalue weighted by Crippen LogP contribution is 2.27. The number of anilines is 1. The molecule has 0 amide bonds. The van der Waals surface area contributed by atoms with Gasteiger partial charge < -0.3 is 10.4 Å². The molecule has 18 heavy (non-hydrogen) atoms. The molecule has 0 atom stereocenters. The van der Waals surface area contributed by atoms with E-state index in [9.17, 15) is 4.79 Å². The number of pyridine rings is 1. The van der Waals surface area contributed by atoms with Crippen LogP contribution in [0, 0.1) is 11.3 Å². The van der Waals surface area contributed by atoms with E-state index in [-0.39, 0.29) is 16.1 Å². The van der Waals surface area contributed by atoms with Crippen LogP contribution in [0.4, 0.5) is 5.82 Å². The molecule has 100 valence electrons. The maximum atomic E-state index is 11.1. The molecule has 0 radical (unpaired) electrons. The van der Waals surface area contributed by atoms with E-state index in [1.54, 1.807) is 0 Å². The van der Waals surface area contributed by atoms with Crippen LogP contribution in [-0.4, -0.2) is 22.6 Å². The number of nitrogens with zero attached hydrogens (tertiary/aromatic N) is 1. The number of aromatic nitrogens is 1. The van der Waals surface area contributed by atoms with E-state index in [0.29, 0.717) is 18.3 Å². The molecule has 0 aromatic carbocycles. The van der Waals surface area contributed by atoms with Gasteiger partial charge in [-0.15, -0.1) is 0 Å². The van der Waals surface area contributed by atoms with Crippen molar-refractivity contribution in [3.63, 3.8) is 0 Å². The van der Waals surface area contributed by atoms with Gasteiger partial charge in [0.1, 0.15) is 16.5 Å². The van der Waals surface area contributed by atoms with Crippen molar-refractivity contribution in [2.45, 2.75) is 27.7 Å². The zero-order valence-corrected chi connectivity index (χ0v) is 11.9. The van der Waals surface area contributed by atoms with Gasteiger partial charge in [-0.05, 0) is 23.5 Å². The highest BCUT2D eigenvalue weighted by Gasteiger charge is 2.23. The van der Waals surface area contributed by atoms with Crippen LogP contribution in [0.25, 0.3) is 0 Å². The molecule has 0 unspecified atom stereocenters. The molecule has 1 heterocycles. The largest absolute Gasteiger partial charge is 0.478 e. The van der Waals surface area contributed by atoms with E-state index in [1.165, 1.54) is 12.1 Å². The van der Waals surface area contributed by atoms with Crippen molar-refractivity contribution in [3.8, 4) is 0 Å². The minimum atomic E-state index is -1.01. The summed E-state index contributed by atoms with van der Waals surface area (Å²) >= 11 is 5.79. The molecule has 0 spiro atoms. The van der Waals surface area contributed by atoms with Gasteiger partial charge in [-0.1, -0.05) is 39.3 Å². The average molecular weight is 271 g/mol. The molecule has 0 aliphatic rings. The lowest BCUT2D eigenvalue weighted by Crippen LogP contribution is -2.29. The Morgan fingerprint density at radius 3 is 2.61 bits per heavy atom. The van der Waals surface area contributed by atoms with Gasteiger partial charge in [-0.2, -0.15) is 0 Å². The van der Waals surface area contributed by atoms with Crippen LogP contribution in [0.3, 0.4) is 0 Å². The molecule has 1 aromatic rings. The monoisotopic (exact) mass is 270 g/mol. The minimum Gasteiger partial charge on any atom is -0.478 e. The van der Waals surface area contributed by atoms with Crippen molar-refractivity contribution in [2.75, 3.05) is 11.9 Å². The topological polar surface area (TPSA) is 62.2 Å². The Hall–Kier alpha value is -1.29. The molecular formula is C13H19ClN2O2. The number of rotatable bonds is 5. The molecule has 0 fully saturated rings. The molecule has 5 heteroatoms. The van der Waals surface area contributed by atoms with Gasteiger partial charge in [0.25, 0.3) is 0 Å². The number of hydrogen-bond acceptors (Lipinski definition) is 3. The van der Waals surface area contributed by atoms with E-state index >= 15 is 0 Å². The fourth-order valence-electron chi connectivity index (χ4n) is 1.26. The van der Waals surface area contributed by atoms with Crippen molar-refractivity contribution >= 4 is 23.4 Å². The summed E-state index contributed by atoms with van der Waals surface area (Å²) in [4.78, 5) is 15.1. The SMILES string of the molecule is CC(C)C(C)(C)CNc1nc(Cl)ccc1C(=O)O. The third-order valence-electron chi connectivity index (χ3n) is 3.37. The second-order valence-corrected chi connectivity index (χ2v) is 5.72. The summed E-state index contributed by atoms with van der Waals surface area (Å²) in [6, 6.07) is 2.94. The van der Waals surface area contributed by atoms with E-state index in [0.717, 1.165) is 0 Å². The molecule has 0 saturated heterocycles. The van der Waals surface area contributed by atoms with E-state index < -0.39 is 5.97 Å². The van der Waals surface area contributed by atoms with E-state index in [2.05, 4.69) is 38.0 Å². The van der Waals surface area contributed by atoms with Gasteiger partial charge in [0.05, 0.1) is 0 Å². The van der Waals surface area contributed by atoms with Gasteiger partial charge in [0, 0.05) is 6.54 Å². The molecule has 1 aromatic heterocycles. The fraction of sp³-hybridized carbons (Fsp3) is 0.538. The number of carboxylic acids is 1. The third-order valence-corrected chi connectivity index (χ3v) is 3.58. The summed E-state index contributed by atoms with van der Waals surface area (Å²) in [5.41, 5.74) is 0.179. The Labute approximate surface area is 112 Å². The summed E-state index contributed by atoms with van der Waals surface area (Å²) in [5.74, 6) is -0.217. The smallest absolute Gasteiger partial charge is 0.339 e. The molecule has 1 rings (SSSR count). The highest BCUT2D eigenvalue weighted by molar-refractivity contribution is 6.29. The molecule has 0 saturated carbocycles. The van der Waals surface area contributed by atoms with E-state index in [4.69, 9.17) is 16.7 Å². The first-order valence-corrected chi connectivity index (χ1v) is 6.25. The van der Waals surface area contributed by atoms with Crippen molar-refractivity contribution in [2.24, 2.45) is 11.3 Å². The average Bonchev–Trinajstić information content (AvgIpc) is 2.26. The summed E-state index contributed by atoms with van der Waals surface area (Å²) in [5, 5.41) is 12.4. The normalized spacial score (nSPS) is 11.7. The molecule has 0 aliphatic heterocycles. The van der Waals surface area contributed by atoms with Crippen LogP contribution in [-0.2, 0) is 0 Å². The predicted molar refractivity (Wildman–Crippen MR) is 73.3 cm³/mol. The first-order chi connectivity index (χ1) is 8.24. The zero-order valence-electron chi connectivity index (χ0n) is 11.1. The summed E-state index contributed by atoms with van der Waals surface area (Å²) < 4.78 is 0. The second kappa shape index (κ2) is 5.57. The number of halogens is 1. The van der Waals surface area contributed by atoms with Gasteiger partial charge >= 0.3 is 5.97 Å². The zero-order chi connectivity index (χ0) is 13.9. The second-order valence-electron chi connectivity index (χ2n) is 5.33. The van der Waals surface area contributed by atoms with Crippen molar-refractivity contribution in [1.82, 2.24) is 4.98 Å². The molecule has 0 aliphatic carbocycles. The highest BCUT2D eigenvalue weighted by atomic mass is 35.5. The Bertz CT molecular complexity index is 445. The summed E-state index contributed by atoms with van der Waals surface area (Å²) in [6.45, 7) is 9.14. The Kier molecular flexibility index (Phi) is 4.57. The number of carbonyl (C=O) groups is 1. The first kappa shape index (κ1) is 14.8. The van der Waals surface area contributed by atoms with Gasteiger partial charge in [0.2, 0.25) is 0 Å². The van der Waals surface area contributed by atoms with Crippen LogP contribution in [0.15, 0.2) is 12.1 Å². The minimum absolute atomic E-state index is 0.0414. The molecule has 0 bridgehead atoms. The van der Waals surface area contributed by atoms with Gasteiger partial charge in [-0.25, -0.2) is 9.78 Å². The van der Waals surface area contributed by atoms with Crippen LogP contribution in [0.5, 0.6) is 0 Å². The third kappa shape index (κ3) is 3.60. The van der Waals surface area contributed by atoms with Gasteiger partial charge in [0.15, 0.2) is 0 Å². The fourth-order valence-corrected chi connectivity index (χ4v) is 1.41. The van der Waals surface area contributed by atoms with Crippen LogP contribution in [0.1, 0.15) is 38.1 Å². The lowest BCUT2D eigenvalue weighted by atomic mass is 9.81. The number of hydrogen-bond donors (Lipinski definition) is 2. The van der Waals surface area contributed by atoms with Crippen molar-refractivity contribution < 1.29 is 9.90 Å². The molecule has 2 N–H and O–H groups in total. The summed E-state index contributed by atoms with van der Waals surface area (Å²) in [7, 11) is 0. The molecule has 4 nitrogen and oxygen atoms in total. The summed E-state index contributed by atoms with van der Waals surface area (Å²) in [6.07, 6.45) is 0. The lowest BCUT2D eigenvalue weighted by Gasteiger charge is -2.29. The first-order valence-electron chi connectivity index (χ1n) is 5.88. The van der Waals surface area contributed by atoms with E-state index in [1.807, 2.05) is 0 Å². The van der Waals surface area contributed by atoms with Crippen molar-refractivity contribution in [3.05, 3.63) is 22.8 Å². The van der Waals surface area contributed by atoms with Crippen LogP contribution >= 0.6 is 11.6 Å². The number of carboxylic acid groups (broad SMARTS) is 1. The standard InChI is InChI=1S/C13H19ClN2O2/c1-8(2)13(3,4)7-15-11-9(12(17)18)5-6-10(14)16-11/h5-6,8H,7H2,1-4H3,(H,15,16)(H,17,18). The Morgan fingerprint density at radius 1 is 1.50 bits per heavy atom. The maximum absolute atomic E-state index is 11.1. The van der Waals surface area contributed by atoms with Gasteiger partial charge in [-0.3, -0.25) is 0 Å². The van der Waals surface area contributed by atoms with Crippen LogP contribution in [0.2, 0.25) is 5.15 Å². The number of nitrogens with one attached hydrogen (secondary N) is 1. The number of aromatic carboxylic acids is 1. The lowest BCUT2D eigenvalue weighted by molar-refractivity contribution is 0.0697. The van der Waals surface area contributed by atoms with Crippen LogP contribution < -0.4 is 5.32 Å². The maximum Gasteiger partial charge on any atom is 0.339 e.